The molecule has 1 fully saturated rings. The average Bonchev–Trinajstić information content (AvgIpc) is 2.77. The number of hydrogen-bond acceptors (Lipinski definition) is 5. The van der Waals surface area contributed by atoms with Crippen LogP contribution in [0.1, 0.15) is 22.5 Å². The first-order valence-corrected chi connectivity index (χ1v) is 6.18. The zero-order valence-electron chi connectivity index (χ0n) is 9.17. The molecule has 17 heavy (non-hydrogen) atoms. The van der Waals surface area contributed by atoms with Crippen LogP contribution >= 0.6 is 11.3 Å². The Kier molecular flexibility index (Phi) is 3.39. The van der Waals surface area contributed by atoms with Gasteiger partial charge < -0.3 is 10.6 Å². The Hall–Kier alpha value is -1.47. The molecule has 0 saturated carbocycles. The van der Waals surface area contributed by atoms with Gasteiger partial charge >= 0.3 is 5.00 Å². The Balaban J connectivity index is 2.10. The van der Waals surface area contributed by atoms with Crippen molar-refractivity contribution >= 4 is 22.2 Å². The monoisotopic (exact) mass is 255 g/mol. The summed E-state index contributed by atoms with van der Waals surface area (Å²) in [7, 11) is 0. The molecule has 1 aromatic heterocycles. The average molecular weight is 255 g/mol. The minimum atomic E-state index is -0.483. The van der Waals surface area contributed by atoms with Crippen molar-refractivity contribution in [2.24, 2.45) is 5.73 Å². The van der Waals surface area contributed by atoms with E-state index in [-0.39, 0.29) is 17.0 Å². The number of nitro groups is 1. The van der Waals surface area contributed by atoms with Crippen LogP contribution in [0.25, 0.3) is 0 Å². The molecule has 1 aliphatic rings. The van der Waals surface area contributed by atoms with Gasteiger partial charge in [-0.25, -0.2) is 0 Å². The van der Waals surface area contributed by atoms with Crippen molar-refractivity contribution in [3.8, 4) is 0 Å². The number of rotatable bonds is 2. The van der Waals surface area contributed by atoms with Gasteiger partial charge in [0.2, 0.25) is 0 Å². The number of nitrogens with two attached hydrogens (primary N) is 1. The summed E-state index contributed by atoms with van der Waals surface area (Å²) in [6.45, 7) is 1.21. The van der Waals surface area contributed by atoms with E-state index in [9.17, 15) is 14.9 Å². The topological polar surface area (TPSA) is 89.5 Å². The molecule has 1 aromatic rings. The van der Waals surface area contributed by atoms with E-state index in [1.165, 1.54) is 12.1 Å². The summed E-state index contributed by atoms with van der Waals surface area (Å²) >= 11 is 0.913. The van der Waals surface area contributed by atoms with Gasteiger partial charge in [-0.1, -0.05) is 11.3 Å². The first-order valence-electron chi connectivity index (χ1n) is 5.37. The number of carbonyl (C=O) groups is 1. The molecular weight excluding hydrogens is 242 g/mol. The van der Waals surface area contributed by atoms with E-state index in [1.807, 2.05) is 0 Å². The third-order valence-electron chi connectivity index (χ3n) is 2.73. The normalized spacial score (nSPS) is 20.3. The van der Waals surface area contributed by atoms with E-state index < -0.39 is 4.92 Å². The van der Waals surface area contributed by atoms with Gasteiger partial charge in [0.15, 0.2) is 0 Å². The van der Waals surface area contributed by atoms with Crippen LogP contribution in [0.4, 0.5) is 5.00 Å². The van der Waals surface area contributed by atoms with Crippen molar-refractivity contribution < 1.29 is 9.72 Å². The van der Waals surface area contributed by atoms with E-state index in [0.29, 0.717) is 18.0 Å². The summed E-state index contributed by atoms with van der Waals surface area (Å²) in [5.74, 6) is -0.154. The number of carbonyl (C=O) groups excluding carboxylic acids is 1. The molecule has 1 atom stereocenters. The van der Waals surface area contributed by atoms with Crippen LogP contribution in [0.3, 0.4) is 0 Å². The number of nitrogens with zero attached hydrogens (tertiary/aromatic N) is 2. The lowest BCUT2D eigenvalue weighted by Gasteiger charge is -2.30. The van der Waals surface area contributed by atoms with Crippen molar-refractivity contribution in [2.75, 3.05) is 13.1 Å². The molecule has 2 N–H and O–H groups in total. The number of piperidine rings is 1. The molecule has 2 rings (SSSR count). The van der Waals surface area contributed by atoms with Crippen molar-refractivity contribution in [3.63, 3.8) is 0 Å². The van der Waals surface area contributed by atoms with E-state index in [2.05, 4.69) is 0 Å². The van der Waals surface area contributed by atoms with Crippen LogP contribution in [0, 0.1) is 10.1 Å². The minimum Gasteiger partial charge on any atom is -0.336 e. The maximum absolute atomic E-state index is 12.0. The molecular formula is C10H13N3O3S. The third-order valence-corrected chi connectivity index (χ3v) is 3.75. The largest absolute Gasteiger partial charge is 0.336 e. The van der Waals surface area contributed by atoms with Crippen molar-refractivity contribution in [1.82, 2.24) is 4.90 Å². The second kappa shape index (κ2) is 4.80. The third kappa shape index (κ3) is 2.62. The summed E-state index contributed by atoms with van der Waals surface area (Å²) in [5, 5.41) is 10.5. The molecule has 7 heteroatoms. The van der Waals surface area contributed by atoms with Crippen LogP contribution in [0.5, 0.6) is 0 Å². The molecule has 0 bridgehead atoms. The zero-order chi connectivity index (χ0) is 12.4. The smallest absolute Gasteiger partial charge is 0.324 e. The van der Waals surface area contributed by atoms with Crippen LogP contribution in [-0.2, 0) is 0 Å². The summed E-state index contributed by atoms with van der Waals surface area (Å²) in [6.07, 6.45) is 1.81. The molecule has 6 nitrogen and oxygen atoms in total. The number of likely N-dealkylation sites (tertiary alicyclic amines) is 1. The summed E-state index contributed by atoms with van der Waals surface area (Å²) in [5.41, 5.74) is 5.80. The fraction of sp³-hybridized carbons (Fsp3) is 0.500. The van der Waals surface area contributed by atoms with Gasteiger partial charge in [-0.15, -0.1) is 0 Å². The lowest BCUT2D eigenvalue weighted by atomic mass is 10.1. The predicted octanol–water partition coefficient (Wildman–Crippen LogP) is 1.22. The molecule has 0 spiro atoms. The Labute approximate surface area is 102 Å². The minimum absolute atomic E-state index is 0.00495. The highest BCUT2D eigenvalue weighted by Gasteiger charge is 2.24. The fourth-order valence-corrected chi connectivity index (χ4v) is 2.68. The SMILES string of the molecule is N[C@@H]1CCCN(C(=O)c2ccc([N+](=O)[O-])s2)C1. The number of thiophene rings is 1. The van der Waals surface area contributed by atoms with Crippen molar-refractivity contribution in [1.29, 1.82) is 0 Å². The quantitative estimate of drug-likeness (QED) is 0.635. The maximum Gasteiger partial charge on any atom is 0.324 e. The summed E-state index contributed by atoms with van der Waals surface area (Å²) in [6, 6.07) is 2.88. The van der Waals surface area contributed by atoms with E-state index in [0.717, 1.165) is 24.2 Å². The van der Waals surface area contributed by atoms with Crippen LogP contribution in [-0.4, -0.2) is 34.9 Å². The van der Waals surface area contributed by atoms with Gasteiger partial charge in [0, 0.05) is 25.2 Å². The molecule has 1 aliphatic heterocycles. The van der Waals surface area contributed by atoms with Gasteiger partial charge in [0.25, 0.3) is 5.91 Å². The van der Waals surface area contributed by atoms with Crippen LogP contribution in [0.15, 0.2) is 12.1 Å². The Bertz CT molecular complexity index is 446. The van der Waals surface area contributed by atoms with Crippen molar-refractivity contribution in [3.05, 3.63) is 27.1 Å². The van der Waals surface area contributed by atoms with E-state index in [4.69, 9.17) is 5.73 Å². The number of amides is 1. The van der Waals surface area contributed by atoms with Gasteiger partial charge in [0.1, 0.15) is 0 Å². The first kappa shape index (κ1) is 12.0. The highest BCUT2D eigenvalue weighted by atomic mass is 32.1. The lowest BCUT2D eigenvalue weighted by molar-refractivity contribution is -0.380. The van der Waals surface area contributed by atoms with Crippen molar-refractivity contribution in [2.45, 2.75) is 18.9 Å². The first-order chi connectivity index (χ1) is 8.08. The van der Waals surface area contributed by atoms with Gasteiger partial charge in [0.05, 0.1) is 9.80 Å². The highest BCUT2D eigenvalue weighted by Crippen LogP contribution is 2.25. The maximum atomic E-state index is 12.0. The Morgan fingerprint density at radius 3 is 2.94 bits per heavy atom. The van der Waals surface area contributed by atoms with Gasteiger partial charge in [-0.2, -0.15) is 0 Å². The molecule has 1 saturated heterocycles. The summed E-state index contributed by atoms with van der Waals surface area (Å²) < 4.78 is 0. The van der Waals surface area contributed by atoms with E-state index in [1.54, 1.807) is 4.90 Å². The molecule has 0 aromatic carbocycles. The van der Waals surface area contributed by atoms with Crippen LogP contribution in [0.2, 0.25) is 0 Å². The Morgan fingerprint density at radius 1 is 1.59 bits per heavy atom. The summed E-state index contributed by atoms with van der Waals surface area (Å²) in [4.78, 5) is 24.2. The Morgan fingerprint density at radius 2 is 2.35 bits per heavy atom. The molecule has 92 valence electrons. The standard InChI is InChI=1S/C10H13N3O3S/c11-7-2-1-5-12(6-7)10(14)8-3-4-9(17-8)13(15)16/h3-4,7H,1-2,5-6,11H2/t7-/m1/s1. The number of hydrogen-bond donors (Lipinski definition) is 1. The van der Waals surface area contributed by atoms with Gasteiger partial charge in [-0.05, 0) is 18.9 Å². The van der Waals surface area contributed by atoms with Crippen LogP contribution < -0.4 is 5.73 Å². The highest BCUT2D eigenvalue weighted by molar-refractivity contribution is 7.17. The van der Waals surface area contributed by atoms with Gasteiger partial charge in [-0.3, -0.25) is 14.9 Å². The van der Waals surface area contributed by atoms with E-state index >= 15 is 0 Å². The molecule has 0 radical (unpaired) electrons. The fourth-order valence-electron chi connectivity index (χ4n) is 1.89. The molecule has 0 unspecified atom stereocenters. The molecule has 2 heterocycles. The predicted molar refractivity (Wildman–Crippen MR) is 64.1 cm³/mol. The zero-order valence-corrected chi connectivity index (χ0v) is 9.98. The lowest BCUT2D eigenvalue weighted by Crippen LogP contribution is -2.45. The molecule has 1 amide bonds. The second-order valence-electron chi connectivity index (χ2n) is 4.05. The molecule has 0 aliphatic carbocycles. The second-order valence-corrected chi connectivity index (χ2v) is 5.11.